The number of phenols is 2. The highest BCUT2D eigenvalue weighted by atomic mass is 31.2. The Bertz CT molecular complexity index is 635. The second-order valence-corrected chi connectivity index (χ2v) is 8.58. The van der Waals surface area contributed by atoms with Crippen LogP contribution in [0.25, 0.3) is 0 Å². The number of rotatable bonds is 9. The molecule has 0 aliphatic heterocycles. The predicted molar refractivity (Wildman–Crippen MR) is 119 cm³/mol. The average Bonchev–Trinajstić information content (AvgIpc) is 2.64. The van der Waals surface area contributed by atoms with Gasteiger partial charge in [0.25, 0.3) is 0 Å². The van der Waals surface area contributed by atoms with Crippen molar-refractivity contribution in [3.8, 4) is 11.5 Å². The number of aromatic hydroxyl groups is 2. The van der Waals surface area contributed by atoms with Crippen molar-refractivity contribution in [1.82, 2.24) is 0 Å². The van der Waals surface area contributed by atoms with E-state index in [2.05, 4.69) is 20.8 Å². The second kappa shape index (κ2) is 12.8. The molecule has 0 saturated carbocycles. The largest absolute Gasteiger partial charge is 0.508 e. The third-order valence-corrected chi connectivity index (χ3v) is 5.22. The standard InChI is InChI=1S/C23H32O2.H3O3P/c1-18(2)8-6-4-5-7-17-23(3,19-9-13-21(24)14-10-19)20-11-15-22(25)16-12-20;1-4(2)3/h9-16,18,24-25H,4-8,17H2,1-3H3;1-3H. The molecule has 2 aromatic rings. The van der Waals surface area contributed by atoms with E-state index in [0.717, 1.165) is 12.3 Å². The summed E-state index contributed by atoms with van der Waals surface area (Å²) >= 11 is 0. The molecule has 0 aliphatic carbocycles. The minimum absolute atomic E-state index is 0.112. The molecule has 5 N–H and O–H groups in total. The van der Waals surface area contributed by atoms with Crippen molar-refractivity contribution < 1.29 is 24.9 Å². The summed E-state index contributed by atoms with van der Waals surface area (Å²) in [6.07, 6.45) is 7.40. The van der Waals surface area contributed by atoms with Gasteiger partial charge in [-0.25, -0.2) is 0 Å². The van der Waals surface area contributed by atoms with Crippen molar-refractivity contribution in [3.63, 3.8) is 0 Å². The number of unbranched alkanes of at least 4 members (excludes halogenated alkanes) is 3. The van der Waals surface area contributed by atoms with Gasteiger partial charge in [0.05, 0.1) is 0 Å². The van der Waals surface area contributed by atoms with Crippen molar-refractivity contribution >= 4 is 8.60 Å². The topological polar surface area (TPSA) is 101 Å². The monoisotopic (exact) mass is 422 g/mol. The van der Waals surface area contributed by atoms with Crippen LogP contribution in [0.2, 0.25) is 0 Å². The maximum absolute atomic E-state index is 9.61. The van der Waals surface area contributed by atoms with E-state index in [9.17, 15) is 10.2 Å². The van der Waals surface area contributed by atoms with E-state index in [-0.39, 0.29) is 5.41 Å². The van der Waals surface area contributed by atoms with Crippen molar-refractivity contribution in [1.29, 1.82) is 0 Å². The van der Waals surface area contributed by atoms with Crippen LogP contribution < -0.4 is 0 Å². The Kier molecular flexibility index (Phi) is 11.2. The molecule has 0 heterocycles. The van der Waals surface area contributed by atoms with Gasteiger partial charge in [0.15, 0.2) is 0 Å². The lowest BCUT2D eigenvalue weighted by molar-refractivity contribution is 0.368. The molecule has 0 saturated heterocycles. The van der Waals surface area contributed by atoms with E-state index in [1.165, 1.54) is 43.2 Å². The Hall–Kier alpha value is -1.65. The lowest BCUT2D eigenvalue weighted by Gasteiger charge is -2.31. The van der Waals surface area contributed by atoms with Gasteiger partial charge in [-0.3, -0.25) is 0 Å². The molecular formula is C23H35O5P. The molecule has 0 amide bonds. The summed E-state index contributed by atoms with van der Waals surface area (Å²) < 4.78 is 0. The molecule has 0 unspecified atom stereocenters. The fourth-order valence-electron chi connectivity index (χ4n) is 3.50. The zero-order valence-electron chi connectivity index (χ0n) is 17.6. The maximum atomic E-state index is 9.61. The second-order valence-electron chi connectivity index (χ2n) is 8.04. The fraction of sp³-hybridized carbons (Fsp3) is 0.478. The fourth-order valence-corrected chi connectivity index (χ4v) is 3.50. The van der Waals surface area contributed by atoms with Crippen LogP contribution in [0.15, 0.2) is 48.5 Å². The molecule has 29 heavy (non-hydrogen) atoms. The summed E-state index contributed by atoms with van der Waals surface area (Å²) in [5.74, 6) is 1.38. The van der Waals surface area contributed by atoms with Gasteiger partial charge in [-0.1, -0.05) is 77.1 Å². The minimum atomic E-state index is -2.62. The average molecular weight is 423 g/mol. The Morgan fingerprint density at radius 1 is 0.724 bits per heavy atom. The van der Waals surface area contributed by atoms with Gasteiger partial charge in [0.2, 0.25) is 0 Å². The summed E-state index contributed by atoms with van der Waals surface area (Å²) in [6.45, 7) is 6.83. The van der Waals surface area contributed by atoms with E-state index in [0.29, 0.717) is 11.5 Å². The van der Waals surface area contributed by atoms with Crippen LogP contribution in [0, 0.1) is 5.92 Å². The van der Waals surface area contributed by atoms with E-state index in [1.54, 1.807) is 24.3 Å². The van der Waals surface area contributed by atoms with Crippen molar-refractivity contribution in [2.24, 2.45) is 5.92 Å². The zero-order chi connectivity index (χ0) is 21.9. The lowest BCUT2D eigenvalue weighted by atomic mass is 9.72. The van der Waals surface area contributed by atoms with Crippen LogP contribution in [0.5, 0.6) is 11.5 Å². The summed E-state index contributed by atoms with van der Waals surface area (Å²) in [5.41, 5.74) is 2.30. The first-order valence-electron chi connectivity index (χ1n) is 10.1. The number of hydrogen-bond acceptors (Lipinski definition) is 5. The van der Waals surface area contributed by atoms with E-state index in [4.69, 9.17) is 14.7 Å². The summed E-state index contributed by atoms with van der Waals surface area (Å²) in [5, 5.41) is 19.2. The number of benzene rings is 2. The van der Waals surface area contributed by atoms with Crippen molar-refractivity contribution in [3.05, 3.63) is 59.7 Å². The minimum Gasteiger partial charge on any atom is -0.508 e. The van der Waals surface area contributed by atoms with Crippen LogP contribution in [-0.4, -0.2) is 24.9 Å². The molecule has 0 fully saturated rings. The normalized spacial score (nSPS) is 11.4. The smallest absolute Gasteiger partial charge is 0.324 e. The zero-order valence-corrected chi connectivity index (χ0v) is 18.5. The molecule has 5 nitrogen and oxygen atoms in total. The molecule has 0 spiro atoms. The van der Waals surface area contributed by atoms with Crippen LogP contribution >= 0.6 is 8.60 Å². The molecule has 2 aromatic carbocycles. The number of phenolic OH excluding ortho intramolecular Hbond substituents is 2. The van der Waals surface area contributed by atoms with Crippen molar-refractivity contribution in [2.45, 2.75) is 64.7 Å². The molecule has 0 atom stereocenters. The van der Waals surface area contributed by atoms with Gasteiger partial charge in [0.1, 0.15) is 11.5 Å². The van der Waals surface area contributed by atoms with Gasteiger partial charge >= 0.3 is 8.60 Å². The molecule has 6 heteroatoms. The van der Waals surface area contributed by atoms with Gasteiger partial charge in [-0.2, -0.15) is 0 Å². The number of hydrogen-bond donors (Lipinski definition) is 5. The highest BCUT2D eigenvalue weighted by molar-refractivity contribution is 7.38. The van der Waals surface area contributed by atoms with Gasteiger partial charge < -0.3 is 24.9 Å². The van der Waals surface area contributed by atoms with Crippen LogP contribution in [0.1, 0.15) is 70.4 Å². The van der Waals surface area contributed by atoms with Gasteiger partial charge in [-0.05, 0) is 47.7 Å². The molecule has 2 rings (SSSR count). The Balaban J connectivity index is 0.000000960. The Labute approximate surface area is 175 Å². The van der Waals surface area contributed by atoms with E-state index in [1.807, 2.05) is 24.3 Å². The summed E-state index contributed by atoms with van der Waals surface area (Å²) in [7, 11) is -2.62. The molecule has 0 aliphatic rings. The third kappa shape index (κ3) is 9.60. The summed E-state index contributed by atoms with van der Waals surface area (Å²) in [6, 6.07) is 15.1. The maximum Gasteiger partial charge on any atom is 0.324 e. The summed E-state index contributed by atoms with van der Waals surface area (Å²) in [4.78, 5) is 21.7. The quantitative estimate of drug-likeness (QED) is 0.268. The Morgan fingerprint density at radius 2 is 1.10 bits per heavy atom. The molecule has 0 aromatic heterocycles. The molecular weight excluding hydrogens is 387 g/mol. The first-order valence-corrected chi connectivity index (χ1v) is 11.3. The van der Waals surface area contributed by atoms with Gasteiger partial charge in [0, 0.05) is 5.41 Å². The molecule has 0 radical (unpaired) electrons. The van der Waals surface area contributed by atoms with E-state index < -0.39 is 8.60 Å². The first kappa shape index (κ1) is 25.4. The lowest BCUT2D eigenvalue weighted by Crippen LogP contribution is -2.23. The molecule has 162 valence electrons. The predicted octanol–water partition coefficient (Wildman–Crippen LogP) is 5.59. The van der Waals surface area contributed by atoms with E-state index >= 15 is 0 Å². The Morgan fingerprint density at radius 3 is 1.48 bits per heavy atom. The third-order valence-electron chi connectivity index (χ3n) is 5.22. The first-order chi connectivity index (χ1) is 13.6. The molecule has 0 bridgehead atoms. The van der Waals surface area contributed by atoms with Crippen LogP contribution in [0.4, 0.5) is 0 Å². The SMILES string of the molecule is CC(C)CCCCCCC(C)(c1ccc(O)cc1)c1ccc(O)cc1.OP(O)O. The van der Waals surface area contributed by atoms with Gasteiger partial charge in [-0.15, -0.1) is 0 Å². The highest BCUT2D eigenvalue weighted by Crippen LogP contribution is 2.38. The van der Waals surface area contributed by atoms with Crippen LogP contribution in [-0.2, 0) is 5.41 Å². The van der Waals surface area contributed by atoms with Crippen LogP contribution in [0.3, 0.4) is 0 Å². The van der Waals surface area contributed by atoms with Crippen molar-refractivity contribution in [2.75, 3.05) is 0 Å². The highest BCUT2D eigenvalue weighted by Gasteiger charge is 2.28.